The van der Waals surface area contributed by atoms with Gasteiger partial charge in [0, 0.05) is 7.05 Å². The normalized spacial score (nSPS) is 17.8. The van der Waals surface area contributed by atoms with Gasteiger partial charge in [0.1, 0.15) is 5.76 Å². The Morgan fingerprint density at radius 3 is 2.89 bits per heavy atom. The molecule has 100 valence electrons. The maximum Gasteiger partial charge on any atom is 0.208 e. The first kappa shape index (κ1) is 13.0. The summed E-state index contributed by atoms with van der Waals surface area (Å²) in [6.45, 7) is 0.669. The zero-order chi connectivity index (χ0) is 12.8. The first-order valence-corrected chi connectivity index (χ1v) is 6.57. The lowest BCUT2D eigenvalue weighted by atomic mass is 9.96. The number of rotatable bonds is 3. The molecule has 3 N–H and O–H groups in total. The SMILES string of the molecule is CN(Cc1ccco1)C(=NC1CCCCC1)NN. The number of furan rings is 1. The van der Waals surface area contributed by atoms with Crippen molar-refractivity contribution in [3.63, 3.8) is 0 Å². The molecule has 0 spiro atoms. The van der Waals surface area contributed by atoms with Crippen LogP contribution in [-0.2, 0) is 6.54 Å². The number of hydrazine groups is 1. The van der Waals surface area contributed by atoms with Crippen LogP contribution in [0.2, 0.25) is 0 Å². The van der Waals surface area contributed by atoms with Crippen LogP contribution < -0.4 is 11.3 Å². The van der Waals surface area contributed by atoms with Gasteiger partial charge in [0.25, 0.3) is 0 Å². The predicted octanol–water partition coefficient (Wildman–Crippen LogP) is 1.86. The highest BCUT2D eigenvalue weighted by atomic mass is 16.3. The van der Waals surface area contributed by atoms with E-state index in [0.29, 0.717) is 12.6 Å². The van der Waals surface area contributed by atoms with Gasteiger partial charge in [-0.1, -0.05) is 19.3 Å². The van der Waals surface area contributed by atoms with E-state index < -0.39 is 0 Å². The molecule has 1 aliphatic carbocycles. The highest BCUT2D eigenvalue weighted by Crippen LogP contribution is 2.20. The molecule has 0 bridgehead atoms. The van der Waals surface area contributed by atoms with E-state index in [1.54, 1.807) is 6.26 Å². The van der Waals surface area contributed by atoms with Crippen LogP contribution in [-0.4, -0.2) is 23.9 Å². The minimum Gasteiger partial charge on any atom is -0.467 e. The Bertz CT molecular complexity index is 368. The van der Waals surface area contributed by atoms with Crippen molar-refractivity contribution in [1.82, 2.24) is 10.3 Å². The van der Waals surface area contributed by atoms with Gasteiger partial charge in [0.05, 0.1) is 18.8 Å². The largest absolute Gasteiger partial charge is 0.467 e. The summed E-state index contributed by atoms with van der Waals surface area (Å²) >= 11 is 0. The molecule has 1 aliphatic rings. The van der Waals surface area contributed by atoms with E-state index in [1.165, 1.54) is 32.1 Å². The van der Waals surface area contributed by atoms with E-state index in [2.05, 4.69) is 5.43 Å². The highest BCUT2D eigenvalue weighted by molar-refractivity contribution is 5.79. The summed E-state index contributed by atoms with van der Waals surface area (Å²) in [7, 11) is 1.96. The van der Waals surface area contributed by atoms with Crippen molar-refractivity contribution in [3.05, 3.63) is 24.2 Å². The van der Waals surface area contributed by atoms with Gasteiger partial charge in [-0.15, -0.1) is 0 Å². The van der Waals surface area contributed by atoms with Gasteiger partial charge < -0.3 is 9.32 Å². The Hall–Kier alpha value is -1.49. The molecule has 1 saturated carbocycles. The topological polar surface area (TPSA) is 66.8 Å². The molecule has 0 atom stereocenters. The van der Waals surface area contributed by atoms with Crippen LogP contribution in [0.3, 0.4) is 0 Å². The van der Waals surface area contributed by atoms with E-state index in [1.807, 2.05) is 24.1 Å². The van der Waals surface area contributed by atoms with Gasteiger partial charge in [-0.2, -0.15) is 0 Å². The van der Waals surface area contributed by atoms with Crippen LogP contribution >= 0.6 is 0 Å². The lowest BCUT2D eigenvalue weighted by molar-refractivity contribution is 0.389. The van der Waals surface area contributed by atoms with Crippen LogP contribution in [0.4, 0.5) is 0 Å². The molecular formula is C13H22N4O. The molecular weight excluding hydrogens is 228 g/mol. The standard InChI is InChI=1S/C13H22N4O/c1-17(10-12-8-5-9-18-12)13(16-14)15-11-6-3-2-4-7-11/h5,8-9,11H,2-4,6-7,10,14H2,1H3,(H,15,16). The smallest absolute Gasteiger partial charge is 0.208 e. The number of hydrogen-bond donors (Lipinski definition) is 2. The van der Waals surface area contributed by atoms with Gasteiger partial charge in [-0.05, 0) is 25.0 Å². The third kappa shape index (κ3) is 3.50. The van der Waals surface area contributed by atoms with E-state index in [4.69, 9.17) is 15.3 Å². The monoisotopic (exact) mass is 250 g/mol. The predicted molar refractivity (Wildman–Crippen MR) is 71.8 cm³/mol. The van der Waals surface area contributed by atoms with E-state index in [9.17, 15) is 0 Å². The number of nitrogens with one attached hydrogen (secondary N) is 1. The van der Waals surface area contributed by atoms with Crippen LogP contribution in [0, 0.1) is 0 Å². The third-order valence-corrected chi connectivity index (χ3v) is 3.34. The second-order valence-corrected chi connectivity index (χ2v) is 4.82. The van der Waals surface area contributed by atoms with Gasteiger partial charge in [0.15, 0.2) is 0 Å². The zero-order valence-corrected chi connectivity index (χ0v) is 10.9. The number of hydrogen-bond acceptors (Lipinski definition) is 3. The molecule has 18 heavy (non-hydrogen) atoms. The second-order valence-electron chi connectivity index (χ2n) is 4.82. The Balaban J connectivity index is 1.95. The lowest BCUT2D eigenvalue weighted by Crippen LogP contribution is -2.43. The van der Waals surface area contributed by atoms with Crippen LogP contribution in [0.25, 0.3) is 0 Å². The fourth-order valence-electron chi connectivity index (χ4n) is 2.34. The number of nitrogens with two attached hydrogens (primary N) is 1. The molecule has 0 unspecified atom stereocenters. The quantitative estimate of drug-likeness (QED) is 0.372. The van der Waals surface area contributed by atoms with Gasteiger partial charge in [0.2, 0.25) is 5.96 Å². The van der Waals surface area contributed by atoms with Gasteiger partial charge in [-0.3, -0.25) is 5.43 Å². The van der Waals surface area contributed by atoms with Crippen LogP contribution in [0.15, 0.2) is 27.8 Å². The number of guanidine groups is 1. The molecule has 0 radical (unpaired) electrons. The van der Waals surface area contributed by atoms with Crippen molar-refractivity contribution in [2.24, 2.45) is 10.8 Å². The zero-order valence-electron chi connectivity index (χ0n) is 10.9. The van der Waals surface area contributed by atoms with Crippen molar-refractivity contribution in [2.75, 3.05) is 7.05 Å². The summed E-state index contributed by atoms with van der Waals surface area (Å²) in [5.74, 6) is 7.21. The molecule has 1 aromatic rings. The second kappa shape index (κ2) is 6.44. The number of aliphatic imine (C=N–C) groups is 1. The summed E-state index contributed by atoms with van der Waals surface area (Å²) < 4.78 is 5.32. The summed E-state index contributed by atoms with van der Waals surface area (Å²) in [4.78, 5) is 6.68. The molecule has 5 nitrogen and oxygen atoms in total. The molecule has 0 aliphatic heterocycles. The summed E-state index contributed by atoms with van der Waals surface area (Å²) in [6, 6.07) is 4.24. The molecule has 0 aromatic carbocycles. The average Bonchev–Trinajstić information content (AvgIpc) is 2.90. The van der Waals surface area contributed by atoms with E-state index >= 15 is 0 Å². The Morgan fingerprint density at radius 1 is 1.50 bits per heavy atom. The van der Waals surface area contributed by atoms with Gasteiger partial charge >= 0.3 is 0 Å². The Labute approximate surface area is 108 Å². The molecule has 1 heterocycles. The summed E-state index contributed by atoms with van der Waals surface area (Å²) in [5, 5.41) is 0. The molecule has 0 amide bonds. The first-order chi connectivity index (χ1) is 8.79. The van der Waals surface area contributed by atoms with Crippen molar-refractivity contribution in [3.8, 4) is 0 Å². The molecule has 2 rings (SSSR count). The van der Waals surface area contributed by atoms with Gasteiger partial charge in [-0.25, -0.2) is 10.8 Å². The summed E-state index contributed by atoms with van der Waals surface area (Å²) in [6.07, 6.45) is 7.89. The van der Waals surface area contributed by atoms with E-state index in [-0.39, 0.29) is 0 Å². The highest BCUT2D eigenvalue weighted by Gasteiger charge is 2.15. The molecule has 1 fully saturated rings. The minimum atomic E-state index is 0.406. The number of nitrogens with zero attached hydrogens (tertiary/aromatic N) is 2. The van der Waals surface area contributed by atoms with Crippen LogP contribution in [0.5, 0.6) is 0 Å². The minimum absolute atomic E-state index is 0.406. The Kier molecular flexibility index (Phi) is 4.64. The Morgan fingerprint density at radius 2 is 2.28 bits per heavy atom. The van der Waals surface area contributed by atoms with Crippen molar-refractivity contribution in [2.45, 2.75) is 44.7 Å². The van der Waals surface area contributed by atoms with Crippen molar-refractivity contribution in [1.29, 1.82) is 0 Å². The van der Waals surface area contributed by atoms with Crippen molar-refractivity contribution < 1.29 is 4.42 Å². The molecule has 1 aromatic heterocycles. The summed E-state index contributed by atoms with van der Waals surface area (Å²) in [5.41, 5.74) is 2.70. The average molecular weight is 250 g/mol. The van der Waals surface area contributed by atoms with E-state index in [0.717, 1.165) is 11.7 Å². The lowest BCUT2D eigenvalue weighted by Gasteiger charge is -2.23. The maximum atomic E-state index is 5.57. The first-order valence-electron chi connectivity index (χ1n) is 6.57. The van der Waals surface area contributed by atoms with Crippen molar-refractivity contribution >= 4 is 5.96 Å². The fourth-order valence-corrected chi connectivity index (χ4v) is 2.34. The van der Waals surface area contributed by atoms with Crippen LogP contribution in [0.1, 0.15) is 37.9 Å². The fraction of sp³-hybridized carbons (Fsp3) is 0.615. The molecule has 0 saturated heterocycles. The molecule has 5 heteroatoms. The maximum absolute atomic E-state index is 5.57. The third-order valence-electron chi connectivity index (χ3n) is 3.34.